The van der Waals surface area contributed by atoms with E-state index in [2.05, 4.69) is 20.9 Å². The normalized spacial score (nSPS) is 14.0. The molecule has 0 aliphatic heterocycles. The van der Waals surface area contributed by atoms with Gasteiger partial charge in [0.05, 0.1) is 5.69 Å². The first-order valence-corrected chi connectivity index (χ1v) is 5.55. The summed E-state index contributed by atoms with van der Waals surface area (Å²) in [6.45, 7) is 3.29. The van der Waals surface area contributed by atoms with Crippen molar-refractivity contribution in [2.45, 2.75) is 25.4 Å². The molecule has 14 heavy (non-hydrogen) atoms. The summed E-state index contributed by atoms with van der Waals surface area (Å²) in [6.07, 6.45) is -1.45. The molecule has 1 heterocycles. The van der Waals surface area contributed by atoms with Gasteiger partial charge in [-0.3, -0.25) is 0 Å². The number of halogens is 1. The van der Waals surface area contributed by atoms with Crippen LogP contribution in [0.15, 0.2) is 9.30 Å². The predicted molar refractivity (Wildman–Crippen MR) is 56.5 cm³/mol. The van der Waals surface area contributed by atoms with Crippen LogP contribution in [0.5, 0.6) is 0 Å². The van der Waals surface area contributed by atoms with Crippen LogP contribution in [0.4, 0.5) is 0 Å². The Labute approximate surface area is 93.7 Å². The number of nitrogens with zero attached hydrogens (tertiary/aromatic N) is 1. The van der Waals surface area contributed by atoms with E-state index < -0.39 is 17.5 Å². The molecule has 0 saturated heterocycles. The fourth-order valence-electron chi connectivity index (χ4n) is 0.997. The molecule has 1 atom stereocenters. The van der Waals surface area contributed by atoms with Crippen LogP contribution >= 0.6 is 27.3 Å². The molecule has 0 bridgehead atoms. The van der Waals surface area contributed by atoms with E-state index >= 15 is 0 Å². The first-order chi connectivity index (χ1) is 6.35. The van der Waals surface area contributed by atoms with Gasteiger partial charge in [-0.2, -0.15) is 0 Å². The second kappa shape index (κ2) is 3.96. The molecular formula is C8H10BrNO3S. The lowest BCUT2D eigenvalue weighted by Gasteiger charge is -2.25. The Kier molecular flexibility index (Phi) is 3.28. The molecule has 0 radical (unpaired) electrons. The minimum absolute atomic E-state index is 0.573. The maximum atomic E-state index is 10.6. The van der Waals surface area contributed by atoms with Crippen LogP contribution in [0, 0.1) is 0 Å². The molecule has 0 aliphatic rings. The van der Waals surface area contributed by atoms with Crippen LogP contribution < -0.4 is 0 Å². The molecular weight excluding hydrogens is 270 g/mol. The van der Waals surface area contributed by atoms with Gasteiger partial charge in [0.15, 0.2) is 10.0 Å². The Bertz CT molecular complexity index is 350. The lowest BCUT2D eigenvalue weighted by atomic mass is 9.84. The van der Waals surface area contributed by atoms with Gasteiger partial charge >= 0.3 is 5.97 Å². The third kappa shape index (κ3) is 2.13. The Morgan fingerprint density at radius 1 is 1.71 bits per heavy atom. The van der Waals surface area contributed by atoms with E-state index in [4.69, 9.17) is 5.11 Å². The van der Waals surface area contributed by atoms with Crippen molar-refractivity contribution in [1.29, 1.82) is 0 Å². The summed E-state index contributed by atoms with van der Waals surface area (Å²) in [5, 5.41) is 19.9. The van der Waals surface area contributed by atoms with Crippen LogP contribution in [0.1, 0.15) is 19.5 Å². The number of hydrogen-bond acceptors (Lipinski definition) is 4. The molecule has 4 nitrogen and oxygen atoms in total. The molecule has 2 N–H and O–H groups in total. The predicted octanol–water partition coefficient (Wildman–Crippen LogP) is 1.63. The van der Waals surface area contributed by atoms with Crippen molar-refractivity contribution in [1.82, 2.24) is 4.98 Å². The largest absolute Gasteiger partial charge is 0.479 e. The van der Waals surface area contributed by atoms with Gasteiger partial charge in [-0.05, 0) is 15.9 Å². The minimum atomic E-state index is -1.45. The fraction of sp³-hybridized carbons (Fsp3) is 0.500. The summed E-state index contributed by atoms with van der Waals surface area (Å²) in [5.41, 5.74) is -0.307. The molecule has 0 saturated carbocycles. The highest BCUT2D eigenvalue weighted by Gasteiger charge is 2.37. The van der Waals surface area contributed by atoms with Gasteiger partial charge in [0, 0.05) is 10.8 Å². The second-order valence-corrected chi connectivity index (χ2v) is 5.58. The number of rotatable bonds is 3. The van der Waals surface area contributed by atoms with E-state index in [0.29, 0.717) is 9.61 Å². The van der Waals surface area contributed by atoms with Crippen LogP contribution in [0.25, 0.3) is 0 Å². The van der Waals surface area contributed by atoms with Crippen LogP contribution in [-0.4, -0.2) is 27.3 Å². The maximum absolute atomic E-state index is 10.6. The van der Waals surface area contributed by atoms with E-state index in [1.807, 2.05) is 0 Å². The van der Waals surface area contributed by atoms with Crippen LogP contribution in [0.3, 0.4) is 0 Å². The number of carboxylic acid groups (broad SMARTS) is 1. The Morgan fingerprint density at radius 2 is 2.29 bits per heavy atom. The van der Waals surface area contributed by atoms with Crippen LogP contribution in [0.2, 0.25) is 0 Å². The third-order valence-corrected chi connectivity index (χ3v) is 3.42. The molecule has 1 unspecified atom stereocenters. The summed E-state index contributed by atoms with van der Waals surface area (Å²) in [5.74, 6) is -1.24. The van der Waals surface area contributed by atoms with E-state index in [-0.39, 0.29) is 0 Å². The first kappa shape index (κ1) is 11.6. The number of aliphatic carboxylic acids is 1. The van der Waals surface area contributed by atoms with Gasteiger partial charge in [0.2, 0.25) is 0 Å². The van der Waals surface area contributed by atoms with Crippen molar-refractivity contribution in [2.75, 3.05) is 0 Å². The number of thiazole rings is 1. The zero-order valence-corrected chi connectivity index (χ0v) is 10.1. The summed E-state index contributed by atoms with van der Waals surface area (Å²) in [7, 11) is 0. The summed E-state index contributed by atoms with van der Waals surface area (Å²) in [4.78, 5) is 14.7. The van der Waals surface area contributed by atoms with Crippen molar-refractivity contribution >= 4 is 33.2 Å². The quantitative estimate of drug-likeness (QED) is 0.882. The smallest absolute Gasteiger partial charge is 0.333 e. The molecule has 78 valence electrons. The van der Waals surface area contributed by atoms with Crippen LogP contribution in [-0.2, 0) is 10.2 Å². The molecule has 0 fully saturated rings. The molecule has 1 aromatic rings. The van der Waals surface area contributed by atoms with E-state index in [0.717, 1.165) is 0 Å². The average molecular weight is 280 g/mol. The lowest BCUT2D eigenvalue weighted by molar-refractivity contribution is -0.150. The highest BCUT2D eigenvalue weighted by molar-refractivity contribution is 9.11. The molecule has 0 aliphatic carbocycles. The monoisotopic (exact) mass is 279 g/mol. The lowest BCUT2D eigenvalue weighted by Crippen LogP contribution is -2.40. The molecule has 6 heteroatoms. The van der Waals surface area contributed by atoms with Gasteiger partial charge in [-0.25, -0.2) is 9.78 Å². The first-order valence-electron chi connectivity index (χ1n) is 3.88. The SMILES string of the molecule is CC(C)(c1csc(Br)n1)C(O)C(=O)O. The maximum Gasteiger partial charge on any atom is 0.333 e. The molecule has 1 aromatic heterocycles. The van der Waals surface area contributed by atoms with Gasteiger partial charge < -0.3 is 10.2 Å². The van der Waals surface area contributed by atoms with Gasteiger partial charge in [0.1, 0.15) is 0 Å². The van der Waals surface area contributed by atoms with E-state index in [1.54, 1.807) is 19.2 Å². The average Bonchev–Trinajstić information content (AvgIpc) is 2.50. The molecule has 0 aromatic carbocycles. The van der Waals surface area contributed by atoms with Gasteiger partial charge in [0.25, 0.3) is 0 Å². The zero-order chi connectivity index (χ0) is 10.9. The third-order valence-electron chi connectivity index (χ3n) is 2.05. The number of aromatic nitrogens is 1. The Morgan fingerprint density at radius 3 is 2.64 bits per heavy atom. The van der Waals surface area contributed by atoms with Gasteiger partial charge in [-0.1, -0.05) is 13.8 Å². The Balaban J connectivity index is 3.01. The zero-order valence-electron chi connectivity index (χ0n) is 7.69. The van der Waals surface area contributed by atoms with Crippen molar-refractivity contribution in [3.05, 3.63) is 15.0 Å². The number of hydrogen-bond donors (Lipinski definition) is 2. The van der Waals surface area contributed by atoms with E-state index in [1.165, 1.54) is 11.3 Å². The van der Waals surface area contributed by atoms with Crippen molar-refractivity contribution in [2.24, 2.45) is 0 Å². The van der Waals surface area contributed by atoms with Gasteiger partial charge in [-0.15, -0.1) is 11.3 Å². The van der Waals surface area contributed by atoms with Crippen molar-refractivity contribution < 1.29 is 15.0 Å². The number of aliphatic hydroxyl groups is 1. The summed E-state index contributed by atoms with van der Waals surface area (Å²) < 4.78 is 0.679. The minimum Gasteiger partial charge on any atom is -0.479 e. The highest BCUT2D eigenvalue weighted by Crippen LogP contribution is 2.30. The molecule has 0 spiro atoms. The molecule has 0 amide bonds. The molecule has 1 rings (SSSR count). The topological polar surface area (TPSA) is 70.4 Å². The standard InChI is InChI=1S/C8H10BrNO3S/c1-8(2,5(11)6(12)13)4-3-14-7(9)10-4/h3,5,11H,1-2H3,(H,12,13). The number of aliphatic hydroxyl groups excluding tert-OH is 1. The second-order valence-electron chi connectivity index (χ2n) is 3.45. The van der Waals surface area contributed by atoms with E-state index in [9.17, 15) is 9.90 Å². The number of carbonyl (C=O) groups is 1. The summed E-state index contributed by atoms with van der Waals surface area (Å²) >= 11 is 4.55. The highest BCUT2D eigenvalue weighted by atomic mass is 79.9. The number of carboxylic acids is 1. The Hall–Kier alpha value is -0.460. The van der Waals surface area contributed by atoms with Crippen molar-refractivity contribution in [3.8, 4) is 0 Å². The fourth-order valence-corrected chi connectivity index (χ4v) is 2.18. The van der Waals surface area contributed by atoms with Crippen molar-refractivity contribution in [3.63, 3.8) is 0 Å². The summed E-state index contributed by atoms with van der Waals surface area (Å²) in [6, 6.07) is 0.